The van der Waals surface area contributed by atoms with E-state index in [9.17, 15) is 8.78 Å². The van der Waals surface area contributed by atoms with Gasteiger partial charge in [0.1, 0.15) is 0 Å². The molecule has 1 aliphatic carbocycles. The molecule has 3 heterocycles. The van der Waals surface area contributed by atoms with Gasteiger partial charge in [-0.3, -0.25) is 5.10 Å². The van der Waals surface area contributed by atoms with E-state index in [4.69, 9.17) is 11.6 Å². The predicted octanol–water partition coefficient (Wildman–Crippen LogP) is 4.74. The van der Waals surface area contributed by atoms with Crippen molar-refractivity contribution >= 4 is 28.2 Å². The molecule has 3 aromatic heterocycles. The lowest BCUT2D eigenvalue weighted by molar-refractivity contribution is 0.152. The summed E-state index contributed by atoms with van der Waals surface area (Å²) >= 11 is 6.30. The highest BCUT2D eigenvalue weighted by molar-refractivity contribution is 6.35. The molecule has 0 spiro atoms. The van der Waals surface area contributed by atoms with Crippen LogP contribution in [0, 0.1) is 0 Å². The third-order valence-electron chi connectivity index (χ3n) is 4.52. The lowest BCUT2D eigenvalue weighted by Crippen LogP contribution is -1.97. The van der Waals surface area contributed by atoms with Crippen molar-refractivity contribution in [3.8, 4) is 11.1 Å². The van der Waals surface area contributed by atoms with Crippen LogP contribution in [0.1, 0.15) is 36.6 Å². The Morgan fingerprint density at radius 1 is 1.28 bits per heavy atom. The van der Waals surface area contributed by atoms with Gasteiger partial charge in [0, 0.05) is 28.6 Å². The monoisotopic (exact) mass is 359 g/mol. The molecule has 126 valence electrons. The number of aromatic amines is 1. The van der Waals surface area contributed by atoms with E-state index < -0.39 is 6.43 Å². The van der Waals surface area contributed by atoms with Gasteiger partial charge < -0.3 is 0 Å². The Labute approximate surface area is 145 Å². The second kappa shape index (κ2) is 5.23. The van der Waals surface area contributed by atoms with Gasteiger partial charge in [-0.1, -0.05) is 11.6 Å². The average molecular weight is 360 g/mol. The molecular weight excluding hydrogens is 348 g/mol. The molecule has 1 aliphatic rings. The molecule has 25 heavy (non-hydrogen) atoms. The molecule has 4 aromatic rings. The first-order chi connectivity index (χ1) is 12.1. The van der Waals surface area contributed by atoms with E-state index in [-0.39, 0.29) is 5.56 Å². The summed E-state index contributed by atoms with van der Waals surface area (Å²) in [6, 6.07) is 4.85. The summed E-state index contributed by atoms with van der Waals surface area (Å²) in [5.74, 6) is 1.05. The van der Waals surface area contributed by atoms with E-state index >= 15 is 0 Å². The summed E-state index contributed by atoms with van der Waals surface area (Å²) in [6.45, 7) is 0. The summed E-state index contributed by atoms with van der Waals surface area (Å²) in [6.07, 6.45) is 2.62. The number of hydrogen-bond donors (Lipinski definition) is 1. The lowest BCUT2D eigenvalue weighted by Gasteiger charge is -2.11. The van der Waals surface area contributed by atoms with Crippen molar-refractivity contribution in [1.82, 2.24) is 24.8 Å². The van der Waals surface area contributed by atoms with Crippen molar-refractivity contribution in [2.24, 2.45) is 0 Å². The van der Waals surface area contributed by atoms with Gasteiger partial charge in [0.15, 0.2) is 11.5 Å². The first-order valence-electron chi connectivity index (χ1n) is 7.92. The first-order valence-corrected chi connectivity index (χ1v) is 8.30. The van der Waals surface area contributed by atoms with Crippen LogP contribution in [0.2, 0.25) is 5.02 Å². The number of hydrogen-bond acceptors (Lipinski definition) is 3. The normalized spacial score (nSPS) is 14.9. The van der Waals surface area contributed by atoms with Gasteiger partial charge in [0.05, 0.1) is 16.7 Å². The minimum atomic E-state index is -2.63. The summed E-state index contributed by atoms with van der Waals surface area (Å²) in [5, 5.41) is 12.4. The zero-order valence-corrected chi connectivity index (χ0v) is 13.6. The highest BCUT2D eigenvalue weighted by atomic mass is 35.5. The molecule has 0 radical (unpaired) electrons. The molecule has 0 bridgehead atoms. The van der Waals surface area contributed by atoms with E-state index in [0.717, 1.165) is 18.2 Å². The highest BCUT2D eigenvalue weighted by Crippen LogP contribution is 2.41. The van der Waals surface area contributed by atoms with E-state index in [2.05, 4.69) is 20.3 Å². The van der Waals surface area contributed by atoms with Crippen LogP contribution in [0.15, 0.2) is 30.6 Å². The smallest absolute Gasteiger partial charge is 0.264 e. The number of nitrogens with zero attached hydrogens (tertiary/aromatic N) is 4. The van der Waals surface area contributed by atoms with E-state index in [1.807, 2.05) is 0 Å². The molecule has 0 amide bonds. The molecule has 5 rings (SSSR count). The summed E-state index contributed by atoms with van der Waals surface area (Å²) in [7, 11) is 0. The zero-order chi connectivity index (χ0) is 17.1. The van der Waals surface area contributed by atoms with E-state index in [1.165, 1.54) is 12.3 Å². The summed E-state index contributed by atoms with van der Waals surface area (Å²) < 4.78 is 28.9. The Morgan fingerprint density at radius 3 is 2.88 bits per heavy atom. The van der Waals surface area contributed by atoms with Crippen LogP contribution in [0.3, 0.4) is 0 Å². The van der Waals surface area contributed by atoms with Crippen LogP contribution >= 0.6 is 11.6 Å². The number of halogens is 3. The highest BCUT2D eigenvalue weighted by Gasteiger charge is 2.29. The molecule has 0 saturated heterocycles. The third kappa shape index (κ3) is 2.30. The molecule has 0 aliphatic heterocycles. The maximum Gasteiger partial charge on any atom is 0.264 e. The molecule has 0 atom stereocenters. The van der Waals surface area contributed by atoms with Crippen LogP contribution in [0.25, 0.3) is 27.7 Å². The molecule has 1 aromatic carbocycles. The first kappa shape index (κ1) is 14.8. The maximum absolute atomic E-state index is 13.7. The molecule has 1 fully saturated rings. The predicted molar refractivity (Wildman–Crippen MR) is 90.0 cm³/mol. The van der Waals surface area contributed by atoms with Crippen molar-refractivity contribution in [3.05, 3.63) is 47.0 Å². The molecule has 5 nitrogen and oxygen atoms in total. The van der Waals surface area contributed by atoms with Gasteiger partial charge in [-0.05, 0) is 36.6 Å². The quantitative estimate of drug-likeness (QED) is 0.574. The fourth-order valence-corrected chi connectivity index (χ4v) is 3.40. The summed E-state index contributed by atoms with van der Waals surface area (Å²) in [5.41, 5.74) is 1.97. The number of benzene rings is 1. The number of aromatic nitrogens is 5. The van der Waals surface area contributed by atoms with Crippen molar-refractivity contribution in [2.75, 3.05) is 0 Å². The number of nitrogens with one attached hydrogen (secondary N) is 1. The number of rotatable bonds is 3. The summed E-state index contributed by atoms with van der Waals surface area (Å²) in [4.78, 5) is 4.54. The van der Waals surface area contributed by atoms with Crippen molar-refractivity contribution in [1.29, 1.82) is 0 Å². The van der Waals surface area contributed by atoms with E-state index in [1.54, 1.807) is 22.8 Å². The van der Waals surface area contributed by atoms with Gasteiger partial charge in [-0.25, -0.2) is 18.3 Å². The number of fused-ring (bicyclic) bond motifs is 2. The molecule has 1 N–H and O–H groups in total. The van der Waals surface area contributed by atoms with Crippen molar-refractivity contribution < 1.29 is 8.78 Å². The Balaban J connectivity index is 1.83. The molecule has 1 saturated carbocycles. The van der Waals surface area contributed by atoms with E-state index in [0.29, 0.717) is 39.1 Å². The minimum Gasteiger partial charge on any atom is -0.276 e. The van der Waals surface area contributed by atoms with Crippen LogP contribution in [-0.2, 0) is 0 Å². The standard InChI is InChI=1S/C17H12ClF2N5/c18-12-6-9(5-10-7-21-23-14(10)12)13-11(15(19)20)3-4-25-17(13)22-16(24-25)8-1-2-8/h3-8,15H,1-2H2,(H,21,23). The Kier molecular flexibility index (Phi) is 3.09. The minimum absolute atomic E-state index is 0.0823. The topological polar surface area (TPSA) is 58.9 Å². The van der Waals surface area contributed by atoms with Crippen LogP contribution in [0.5, 0.6) is 0 Å². The number of H-pyrrole nitrogens is 1. The second-order valence-electron chi connectivity index (χ2n) is 6.25. The maximum atomic E-state index is 13.7. The van der Waals surface area contributed by atoms with Gasteiger partial charge in [-0.15, -0.1) is 0 Å². The average Bonchev–Trinajstić information content (AvgIpc) is 3.16. The lowest BCUT2D eigenvalue weighted by atomic mass is 10.00. The van der Waals surface area contributed by atoms with Crippen molar-refractivity contribution in [3.63, 3.8) is 0 Å². The SMILES string of the molecule is FC(F)c1ccn2nc(C3CC3)nc2c1-c1cc(Cl)c2[nH]ncc2c1. The number of pyridine rings is 1. The fraction of sp³-hybridized carbons (Fsp3) is 0.235. The van der Waals surface area contributed by atoms with Crippen LogP contribution in [-0.4, -0.2) is 24.8 Å². The number of alkyl halides is 2. The van der Waals surface area contributed by atoms with Gasteiger partial charge >= 0.3 is 0 Å². The zero-order valence-electron chi connectivity index (χ0n) is 12.9. The second-order valence-corrected chi connectivity index (χ2v) is 6.66. The molecule has 0 unspecified atom stereocenters. The van der Waals surface area contributed by atoms with Gasteiger partial charge in [0.25, 0.3) is 6.43 Å². The van der Waals surface area contributed by atoms with Crippen LogP contribution < -0.4 is 0 Å². The largest absolute Gasteiger partial charge is 0.276 e. The Hall–Kier alpha value is -2.54. The molecular formula is C17H12ClF2N5. The Morgan fingerprint density at radius 2 is 2.12 bits per heavy atom. The van der Waals surface area contributed by atoms with Gasteiger partial charge in [0.2, 0.25) is 0 Å². The molecule has 8 heteroatoms. The van der Waals surface area contributed by atoms with Gasteiger partial charge in [-0.2, -0.15) is 10.2 Å². The Bertz CT molecular complexity index is 1110. The third-order valence-corrected chi connectivity index (χ3v) is 4.82. The van der Waals surface area contributed by atoms with Crippen molar-refractivity contribution in [2.45, 2.75) is 25.2 Å². The van der Waals surface area contributed by atoms with Crippen LogP contribution in [0.4, 0.5) is 8.78 Å². The fourth-order valence-electron chi connectivity index (χ4n) is 3.13.